The standard InChI is InChI=1S/C12H8ClN3O2/c1-16-6-9(14-15-16)12-5-10(17)8-4-7(13)2-3-11(8)18-12/h2-6H,1H3. The van der Waals surface area contributed by atoms with Crippen LogP contribution in [-0.4, -0.2) is 15.0 Å². The zero-order chi connectivity index (χ0) is 12.7. The van der Waals surface area contributed by atoms with Gasteiger partial charge in [-0.15, -0.1) is 5.10 Å². The topological polar surface area (TPSA) is 60.9 Å². The molecule has 90 valence electrons. The molecule has 0 aliphatic rings. The van der Waals surface area contributed by atoms with Gasteiger partial charge in [-0.2, -0.15) is 0 Å². The second-order valence-electron chi connectivity index (χ2n) is 3.89. The molecule has 0 fully saturated rings. The number of aromatic nitrogens is 3. The Morgan fingerprint density at radius 3 is 2.89 bits per heavy atom. The highest BCUT2D eigenvalue weighted by molar-refractivity contribution is 6.31. The number of hydrogen-bond acceptors (Lipinski definition) is 4. The third-order valence-electron chi connectivity index (χ3n) is 2.54. The summed E-state index contributed by atoms with van der Waals surface area (Å²) in [5.41, 5.74) is 0.846. The van der Waals surface area contributed by atoms with Crippen LogP contribution in [-0.2, 0) is 7.05 Å². The molecule has 0 spiro atoms. The van der Waals surface area contributed by atoms with Gasteiger partial charge in [0.15, 0.2) is 11.2 Å². The number of halogens is 1. The van der Waals surface area contributed by atoms with Gasteiger partial charge < -0.3 is 4.42 Å². The van der Waals surface area contributed by atoms with Gasteiger partial charge in [0.1, 0.15) is 11.3 Å². The summed E-state index contributed by atoms with van der Waals surface area (Å²) in [6.45, 7) is 0. The molecule has 0 saturated heterocycles. The van der Waals surface area contributed by atoms with Crippen molar-refractivity contribution in [3.8, 4) is 11.5 Å². The van der Waals surface area contributed by atoms with Crippen molar-refractivity contribution in [2.75, 3.05) is 0 Å². The third kappa shape index (κ3) is 1.78. The molecule has 0 bridgehead atoms. The molecule has 0 atom stereocenters. The summed E-state index contributed by atoms with van der Waals surface area (Å²) in [6, 6.07) is 6.32. The summed E-state index contributed by atoms with van der Waals surface area (Å²) in [5, 5.41) is 8.66. The van der Waals surface area contributed by atoms with Crippen LogP contribution in [0.3, 0.4) is 0 Å². The molecule has 1 aromatic carbocycles. The number of rotatable bonds is 1. The summed E-state index contributed by atoms with van der Waals surface area (Å²) < 4.78 is 7.17. The van der Waals surface area contributed by atoms with E-state index in [1.54, 1.807) is 36.1 Å². The highest BCUT2D eigenvalue weighted by atomic mass is 35.5. The van der Waals surface area contributed by atoms with E-state index in [1.165, 1.54) is 6.07 Å². The molecular weight excluding hydrogens is 254 g/mol. The average molecular weight is 262 g/mol. The van der Waals surface area contributed by atoms with Crippen LogP contribution in [0, 0.1) is 0 Å². The summed E-state index contributed by atoms with van der Waals surface area (Å²) in [7, 11) is 1.75. The number of fused-ring (bicyclic) bond motifs is 1. The molecule has 6 heteroatoms. The zero-order valence-electron chi connectivity index (χ0n) is 9.42. The fourth-order valence-corrected chi connectivity index (χ4v) is 1.89. The number of aryl methyl sites for hydroxylation is 1. The van der Waals surface area contributed by atoms with Crippen LogP contribution >= 0.6 is 11.6 Å². The van der Waals surface area contributed by atoms with E-state index >= 15 is 0 Å². The van der Waals surface area contributed by atoms with Gasteiger partial charge in [0.2, 0.25) is 0 Å². The fourth-order valence-electron chi connectivity index (χ4n) is 1.71. The molecule has 2 aromatic heterocycles. The maximum Gasteiger partial charge on any atom is 0.193 e. The summed E-state index contributed by atoms with van der Waals surface area (Å²) in [5.74, 6) is 0.392. The predicted octanol–water partition coefficient (Wildman–Crippen LogP) is 2.24. The second-order valence-corrected chi connectivity index (χ2v) is 4.33. The first-order valence-corrected chi connectivity index (χ1v) is 5.61. The minimum atomic E-state index is -0.153. The van der Waals surface area contributed by atoms with Crippen LogP contribution in [0.5, 0.6) is 0 Å². The molecule has 0 N–H and O–H groups in total. The number of benzene rings is 1. The van der Waals surface area contributed by atoms with Gasteiger partial charge in [-0.25, -0.2) is 0 Å². The molecule has 0 aliphatic heterocycles. The van der Waals surface area contributed by atoms with Gasteiger partial charge in [-0.05, 0) is 18.2 Å². The Hall–Kier alpha value is -2.14. The largest absolute Gasteiger partial charge is 0.454 e. The van der Waals surface area contributed by atoms with E-state index in [1.807, 2.05) is 0 Å². The highest BCUT2D eigenvalue weighted by Gasteiger charge is 2.09. The molecule has 0 saturated carbocycles. The van der Waals surface area contributed by atoms with E-state index in [0.29, 0.717) is 27.4 Å². The quantitative estimate of drug-likeness (QED) is 0.674. The first-order chi connectivity index (χ1) is 8.63. The molecule has 0 amide bonds. The van der Waals surface area contributed by atoms with Crippen LogP contribution in [0.15, 0.2) is 39.7 Å². The first-order valence-electron chi connectivity index (χ1n) is 5.23. The Balaban J connectivity index is 2.28. The number of nitrogens with zero attached hydrogens (tertiary/aromatic N) is 3. The highest BCUT2D eigenvalue weighted by Crippen LogP contribution is 2.22. The van der Waals surface area contributed by atoms with E-state index in [2.05, 4.69) is 10.3 Å². The van der Waals surface area contributed by atoms with Crippen molar-refractivity contribution in [3.05, 3.63) is 45.7 Å². The van der Waals surface area contributed by atoms with Crippen LogP contribution in [0.4, 0.5) is 0 Å². The minimum Gasteiger partial charge on any atom is -0.454 e. The van der Waals surface area contributed by atoms with Crippen molar-refractivity contribution < 1.29 is 4.42 Å². The third-order valence-corrected chi connectivity index (χ3v) is 2.78. The van der Waals surface area contributed by atoms with Crippen molar-refractivity contribution in [3.63, 3.8) is 0 Å². The molecule has 5 nitrogen and oxygen atoms in total. The maximum absolute atomic E-state index is 12.0. The first kappa shape index (κ1) is 11.0. The van der Waals surface area contributed by atoms with Crippen molar-refractivity contribution in [2.24, 2.45) is 7.05 Å². The Morgan fingerprint density at radius 1 is 1.33 bits per heavy atom. The van der Waals surface area contributed by atoms with E-state index < -0.39 is 0 Å². The van der Waals surface area contributed by atoms with E-state index in [-0.39, 0.29) is 5.43 Å². The number of hydrogen-bond donors (Lipinski definition) is 0. The maximum atomic E-state index is 12.0. The Morgan fingerprint density at radius 2 is 2.17 bits per heavy atom. The summed E-state index contributed by atoms with van der Waals surface area (Å²) in [6.07, 6.45) is 1.68. The summed E-state index contributed by atoms with van der Waals surface area (Å²) >= 11 is 5.84. The van der Waals surface area contributed by atoms with Crippen LogP contribution in [0.1, 0.15) is 0 Å². The minimum absolute atomic E-state index is 0.153. The van der Waals surface area contributed by atoms with Gasteiger partial charge in [0.05, 0.1) is 11.6 Å². The lowest BCUT2D eigenvalue weighted by Gasteiger charge is -2.00. The van der Waals surface area contributed by atoms with Gasteiger partial charge in [-0.1, -0.05) is 16.8 Å². The van der Waals surface area contributed by atoms with Gasteiger partial charge in [-0.3, -0.25) is 9.48 Å². The predicted molar refractivity (Wildman–Crippen MR) is 67.5 cm³/mol. The lowest BCUT2D eigenvalue weighted by Crippen LogP contribution is -2.00. The van der Waals surface area contributed by atoms with Crippen molar-refractivity contribution >= 4 is 22.6 Å². The Labute approximate surface area is 107 Å². The van der Waals surface area contributed by atoms with Crippen LogP contribution < -0.4 is 5.43 Å². The van der Waals surface area contributed by atoms with Gasteiger partial charge >= 0.3 is 0 Å². The molecule has 0 radical (unpaired) electrons. The molecule has 18 heavy (non-hydrogen) atoms. The molecular formula is C12H8ClN3O2. The van der Waals surface area contributed by atoms with E-state index in [4.69, 9.17) is 16.0 Å². The SMILES string of the molecule is Cn1cc(-c2cc(=O)c3cc(Cl)ccc3o2)nn1. The lowest BCUT2D eigenvalue weighted by atomic mass is 10.2. The van der Waals surface area contributed by atoms with Crippen LogP contribution in [0.25, 0.3) is 22.4 Å². The normalized spacial score (nSPS) is 11.0. The lowest BCUT2D eigenvalue weighted by molar-refractivity contribution is 0.615. The van der Waals surface area contributed by atoms with Gasteiger partial charge in [0, 0.05) is 18.1 Å². The Bertz CT molecular complexity index is 791. The zero-order valence-corrected chi connectivity index (χ0v) is 10.2. The molecule has 0 aliphatic carbocycles. The monoisotopic (exact) mass is 261 g/mol. The van der Waals surface area contributed by atoms with Crippen molar-refractivity contribution in [1.29, 1.82) is 0 Å². The smallest absolute Gasteiger partial charge is 0.193 e. The van der Waals surface area contributed by atoms with Gasteiger partial charge in [0.25, 0.3) is 0 Å². The molecule has 3 aromatic rings. The molecule has 0 unspecified atom stereocenters. The Kier molecular flexibility index (Phi) is 2.41. The van der Waals surface area contributed by atoms with E-state index in [0.717, 1.165) is 0 Å². The van der Waals surface area contributed by atoms with E-state index in [9.17, 15) is 4.79 Å². The fraction of sp³-hybridized carbons (Fsp3) is 0.0833. The van der Waals surface area contributed by atoms with Crippen molar-refractivity contribution in [1.82, 2.24) is 15.0 Å². The van der Waals surface area contributed by atoms with Crippen LogP contribution in [0.2, 0.25) is 5.02 Å². The molecule has 2 heterocycles. The molecule has 3 rings (SSSR count). The second kappa shape index (κ2) is 3.96. The summed E-state index contributed by atoms with van der Waals surface area (Å²) in [4.78, 5) is 12.0. The average Bonchev–Trinajstić information content (AvgIpc) is 2.77. The van der Waals surface area contributed by atoms with Crippen molar-refractivity contribution in [2.45, 2.75) is 0 Å².